The van der Waals surface area contributed by atoms with Crippen molar-refractivity contribution in [2.75, 3.05) is 6.54 Å². The molecule has 0 radical (unpaired) electrons. The summed E-state index contributed by atoms with van der Waals surface area (Å²) in [5.74, 6) is 0. The Labute approximate surface area is 137 Å². The standard InChI is InChI=1S/C17H22N2O3S/c1-2-3-4-7-12-18-17(20)19-23(21,22)16-11-10-14-8-5-6-9-15(14)13-16/h5-6,8-11,13H,2-4,7,12H2,1H3,(H2,18,19,20). The second-order valence-corrected chi connectivity index (χ2v) is 7.11. The zero-order valence-corrected chi connectivity index (χ0v) is 14.0. The molecule has 2 aromatic rings. The molecule has 23 heavy (non-hydrogen) atoms. The number of fused-ring (bicyclic) bond motifs is 1. The molecule has 0 fully saturated rings. The highest BCUT2D eigenvalue weighted by Crippen LogP contribution is 2.18. The third-order valence-corrected chi connectivity index (χ3v) is 4.90. The van der Waals surface area contributed by atoms with Gasteiger partial charge < -0.3 is 5.32 Å². The van der Waals surface area contributed by atoms with Crippen LogP contribution in [0.5, 0.6) is 0 Å². The first-order chi connectivity index (χ1) is 11.0. The van der Waals surface area contributed by atoms with E-state index in [1.807, 2.05) is 24.3 Å². The lowest BCUT2D eigenvalue weighted by Gasteiger charge is -2.09. The van der Waals surface area contributed by atoms with E-state index in [0.717, 1.165) is 36.5 Å². The lowest BCUT2D eigenvalue weighted by Crippen LogP contribution is -2.39. The number of urea groups is 1. The van der Waals surface area contributed by atoms with E-state index >= 15 is 0 Å². The summed E-state index contributed by atoms with van der Waals surface area (Å²) >= 11 is 0. The van der Waals surface area contributed by atoms with Crippen molar-refractivity contribution < 1.29 is 13.2 Å². The van der Waals surface area contributed by atoms with E-state index in [4.69, 9.17) is 0 Å². The van der Waals surface area contributed by atoms with Crippen molar-refractivity contribution in [3.05, 3.63) is 42.5 Å². The van der Waals surface area contributed by atoms with Crippen LogP contribution in [0.2, 0.25) is 0 Å². The van der Waals surface area contributed by atoms with E-state index < -0.39 is 16.1 Å². The van der Waals surface area contributed by atoms with E-state index in [-0.39, 0.29) is 4.90 Å². The Morgan fingerprint density at radius 1 is 1.00 bits per heavy atom. The molecule has 0 aliphatic heterocycles. The van der Waals surface area contributed by atoms with Crippen LogP contribution in [0.1, 0.15) is 32.6 Å². The number of carbonyl (C=O) groups is 1. The molecule has 2 rings (SSSR count). The van der Waals surface area contributed by atoms with Crippen molar-refractivity contribution in [2.24, 2.45) is 0 Å². The fraction of sp³-hybridized carbons (Fsp3) is 0.353. The Kier molecular flexibility index (Phi) is 5.98. The molecule has 0 aliphatic carbocycles. The second-order valence-electron chi connectivity index (χ2n) is 5.43. The average molecular weight is 334 g/mol. The summed E-state index contributed by atoms with van der Waals surface area (Å²) in [6.45, 7) is 2.58. The third kappa shape index (κ3) is 4.96. The summed E-state index contributed by atoms with van der Waals surface area (Å²) in [6, 6.07) is 11.6. The number of amides is 2. The maximum Gasteiger partial charge on any atom is 0.328 e. The molecule has 0 heterocycles. The molecule has 0 atom stereocenters. The van der Waals surface area contributed by atoms with Crippen LogP contribution < -0.4 is 10.0 Å². The van der Waals surface area contributed by atoms with Crippen molar-refractivity contribution in [3.8, 4) is 0 Å². The number of unbranched alkanes of at least 4 members (excludes halogenated alkanes) is 3. The van der Waals surface area contributed by atoms with Crippen LogP contribution in [0.25, 0.3) is 10.8 Å². The molecule has 6 heteroatoms. The summed E-state index contributed by atoms with van der Waals surface area (Å²) in [4.78, 5) is 11.8. The summed E-state index contributed by atoms with van der Waals surface area (Å²) in [5, 5.41) is 4.34. The first-order valence-electron chi connectivity index (χ1n) is 7.82. The first-order valence-corrected chi connectivity index (χ1v) is 9.30. The van der Waals surface area contributed by atoms with E-state index in [0.29, 0.717) is 6.54 Å². The lowest BCUT2D eigenvalue weighted by molar-refractivity contribution is 0.245. The molecule has 5 nitrogen and oxygen atoms in total. The van der Waals surface area contributed by atoms with Crippen LogP contribution in [0, 0.1) is 0 Å². The van der Waals surface area contributed by atoms with Crippen LogP contribution in [0.15, 0.2) is 47.4 Å². The number of carbonyl (C=O) groups excluding carboxylic acids is 1. The Morgan fingerprint density at radius 2 is 1.74 bits per heavy atom. The maximum absolute atomic E-state index is 12.2. The topological polar surface area (TPSA) is 75.3 Å². The van der Waals surface area contributed by atoms with Gasteiger partial charge in [0.2, 0.25) is 0 Å². The number of nitrogens with one attached hydrogen (secondary N) is 2. The van der Waals surface area contributed by atoms with Crippen molar-refractivity contribution >= 4 is 26.8 Å². The van der Waals surface area contributed by atoms with E-state index in [9.17, 15) is 13.2 Å². The van der Waals surface area contributed by atoms with Gasteiger partial charge in [-0.2, -0.15) is 0 Å². The molecule has 0 saturated heterocycles. The highest BCUT2D eigenvalue weighted by molar-refractivity contribution is 7.90. The van der Waals surface area contributed by atoms with Gasteiger partial charge in [-0.05, 0) is 29.3 Å². The molecule has 0 unspecified atom stereocenters. The minimum absolute atomic E-state index is 0.0809. The van der Waals surface area contributed by atoms with Gasteiger partial charge in [0.15, 0.2) is 0 Å². The predicted molar refractivity (Wildman–Crippen MR) is 91.8 cm³/mol. The number of sulfonamides is 1. The molecule has 2 N–H and O–H groups in total. The van der Waals surface area contributed by atoms with Crippen LogP contribution in [0.4, 0.5) is 4.79 Å². The first kappa shape index (κ1) is 17.3. The third-order valence-electron chi connectivity index (χ3n) is 3.57. The number of hydrogen-bond acceptors (Lipinski definition) is 3. The van der Waals surface area contributed by atoms with E-state index in [1.54, 1.807) is 12.1 Å². The molecular weight excluding hydrogens is 312 g/mol. The maximum atomic E-state index is 12.2. The highest BCUT2D eigenvalue weighted by Gasteiger charge is 2.17. The van der Waals surface area contributed by atoms with Gasteiger partial charge in [-0.3, -0.25) is 0 Å². The summed E-state index contributed by atoms with van der Waals surface area (Å²) < 4.78 is 26.5. The lowest BCUT2D eigenvalue weighted by atomic mass is 10.1. The summed E-state index contributed by atoms with van der Waals surface area (Å²) in [6.07, 6.45) is 4.09. The molecular formula is C17H22N2O3S. The quantitative estimate of drug-likeness (QED) is 0.762. The van der Waals surface area contributed by atoms with Crippen LogP contribution in [0.3, 0.4) is 0 Å². The normalized spacial score (nSPS) is 11.3. The van der Waals surface area contributed by atoms with Crippen molar-refractivity contribution in [3.63, 3.8) is 0 Å². The highest BCUT2D eigenvalue weighted by atomic mass is 32.2. The summed E-state index contributed by atoms with van der Waals surface area (Å²) in [7, 11) is -3.86. The smallest absolute Gasteiger partial charge is 0.328 e. The van der Waals surface area contributed by atoms with Crippen LogP contribution in [-0.2, 0) is 10.0 Å². The van der Waals surface area contributed by atoms with Gasteiger partial charge in [-0.25, -0.2) is 17.9 Å². The Bertz CT molecular complexity index is 772. The van der Waals surface area contributed by atoms with Crippen molar-refractivity contribution in [1.82, 2.24) is 10.0 Å². The number of hydrogen-bond donors (Lipinski definition) is 2. The minimum Gasteiger partial charge on any atom is -0.337 e. The van der Waals surface area contributed by atoms with E-state index in [1.165, 1.54) is 6.07 Å². The molecule has 2 aromatic carbocycles. The van der Waals surface area contributed by atoms with E-state index in [2.05, 4.69) is 17.0 Å². The van der Waals surface area contributed by atoms with Gasteiger partial charge in [-0.15, -0.1) is 0 Å². The largest absolute Gasteiger partial charge is 0.337 e. The van der Waals surface area contributed by atoms with Gasteiger partial charge in [-0.1, -0.05) is 56.5 Å². The van der Waals surface area contributed by atoms with Crippen molar-refractivity contribution in [2.45, 2.75) is 37.5 Å². The molecule has 0 aliphatic rings. The fourth-order valence-corrected chi connectivity index (χ4v) is 3.27. The minimum atomic E-state index is -3.86. The number of rotatable bonds is 7. The Hall–Kier alpha value is -2.08. The van der Waals surface area contributed by atoms with Crippen LogP contribution >= 0.6 is 0 Å². The molecule has 124 valence electrons. The fourth-order valence-electron chi connectivity index (χ4n) is 2.31. The van der Waals surface area contributed by atoms with Gasteiger partial charge >= 0.3 is 6.03 Å². The molecule has 0 aromatic heterocycles. The molecule has 0 saturated carbocycles. The zero-order chi connectivity index (χ0) is 16.7. The second kappa shape index (κ2) is 7.97. The summed E-state index contributed by atoms with van der Waals surface area (Å²) in [5.41, 5.74) is 0. The Balaban J connectivity index is 1.98. The Morgan fingerprint density at radius 3 is 2.48 bits per heavy atom. The van der Waals surface area contributed by atoms with Gasteiger partial charge in [0.05, 0.1) is 4.90 Å². The van der Waals surface area contributed by atoms with Gasteiger partial charge in [0, 0.05) is 6.54 Å². The zero-order valence-electron chi connectivity index (χ0n) is 13.2. The monoisotopic (exact) mass is 334 g/mol. The molecule has 0 bridgehead atoms. The van der Waals surface area contributed by atoms with Gasteiger partial charge in [0.1, 0.15) is 0 Å². The average Bonchev–Trinajstić information content (AvgIpc) is 2.53. The SMILES string of the molecule is CCCCCCNC(=O)NS(=O)(=O)c1ccc2ccccc2c1. The molecule has 2 amide bonds. The predicted octanol–water partition coefficient (Wildman–Crippen LogP) is 3.41. The number of benzene rings is 2. The van der Waals surface area contributed by atoms with Crippen LogP contribution in [-0.4, -0.2) is 21.0 Å². The van der Waals surface area contributed by atoms with Crippen molar-refractivity contribution in [1.29, 1.82) is 0 Å². The molecule has 0 spiro atoms. The van der Waals surface area contributed by atoms with Gasteiger partial charge in [0.25, 0.3) is 10.0 Å².